The Morgan fingerprint density at radius 2 is 1.30 bits per heavy atom. The number of hydrogen-bond donors (Lipinski definition) is 3. The lowest BCUT2D eigenvalue weighted by atomic mass is 9.98. The zero-order chi connectivity index (χ0) is 21.3. The molecule has 3 amide bonds. The Morgan fingerprint density at radius 3 is 1.67 bits per heavy atom. The molecule has 0 aromatic carbocycles. The second-order valence-corrected chi connectivity index (χ2v) is 8.94. The highest BCUT2D eigenvalue weighted by molar-refractivity contribution is 7.84. The number of carbonyl (C=O) groups excluding carboxylic acids is 4. The fourth-order valence-electron chi connectivity index (χ4n) is 2.57. The zero-order valence-corrected chi connectivity index (χ0v) is 18.1. The minimum Gasteiger partial charge on any atom is -0.345 e. The van der Waals surface area contributed by atoms with Gasteiger partial charge in [-0.2, -0.15) is 0 Å². The largest absolute Gasteiger partial charge is 0.345 e. The summed E-state index contributed by atoms with van der Waals surface area (Å²) in [6.45, 7) is 9.90. The van der Waals surface area contributed by atoms with Gasteiger partial charge in [-0.15, -0.1) is 0 Å². The van der Waals surface area contributed by atoms with E-state index in [1.807, 2.05) is 13.8 Å². The van der Waals surface area contributed by atoms with Crippen molar-refractivity contribution in [1.82, 2.24) is 16.0 Å². The lowest BCUT2D eigenvalue weighted by Gasteiger charge is -2.27. The van der Waals surface area contributed by atoms with Crippen molar-refractivity contribution in [3.05, 3.63) is 0 Å². The van der Waals surface area contributed by atoms with E-state index in [1.165, 1.54) is 20.1 Å². The van der Waals surface area contributed by atoms with Crippen molar-refractivity contribution in [2.75, 3.05) is 12.0 Å². The van der Waals surface area contributed by atoms with Gasteiger partial charge >= 0.3 is 0 Å². The quantitative estimate of drug-likeness (QED) is 0.453. The first-order chi connectivity index (χ1) is 12.4. The third-order valence-corrected chi connectivity index (χ3v) is 4.85. The van der Waals surface area contributed by atoms with Crippen molar-refractivity contribution in [3.63, 3.8) is 0 Å². The summed E-state index contributed by atoms with van der Waals surface area (Å²) in [5, 5.41) is 7.87. The van der Waals surface area contributed by atoms with Gasteiger partial charge in [0.15, 0.2) is 5.78 Å². The first-order valence-corrected chi connectivity index (χ1v) is 10.8. The molecule has 0 aliphatic carbocycles. The molecule has 4 unspecified atom stereocenters. The Hall–Kier alpha value is -1.77. The van der Waals surface area contributed by atoms with Gasteiger partial charge in [0.2, 0.25) is 17.7 Å². The van der Waals surface area contributed by atoms with Crippen LogP contribution in [0.15, 0.2) is 0 Å². The van der Waals surface area contributed by atoms with Gasteiger partial charge in [0, 0.05) is 29.7 Å². The molecule has 0 heterocycles. The van der Waals surface area contributed by atoms with Crippen molar-refractivity contribution in [2.24, 2.45) is 11.8 Å². The number of Topliss-reactive ketones (excluding diaryl/α,β-unsaturated/α-hetero) is 1. The topological polar surface area (TPSA) is 121 Å². The average molecular weight is 404 g/mol. The maximum absolute atomic E-state index is 12.6. The van der Waals surface area contributed by atoms with Crippen LogP contribution in [0.5, 0.6) is 0 Å². The maximum Gasteiger partial charge on any atom is 0.243 e. The van der Waals surface area contributed by atoms with Gasteiger partial charge < -0.3 is 16.0 Å². The van der Waals surface area contributed by atoms with Gasteiger partial charge in [-0.1, -0.05) is 27.7 Å². The predicted octanol–water partition coefficient (Wildman–Crippen LogP) is 0.130. The fraction of sp³-hybridized carbons (Fsp3) is 0.778. The van der Waals surface area contributed by atoms with Crippen molar-refractivity contribution >= 4 is 34.3 Å². The molecular formula is C18H33N3O5S. The lowest BCUT2D eigenvalue weighted by Crippen LogP contribution is -2.57. The van der Waals surface area contributed by atoms with E-state index in [4.69, 9.17) is 0 Å². The van der Waals surface area contributed by atoms with Crippen LogP contribution in [0.4, 0.5) is 0 Å². The minimum atomic E-state index is -1.11. The second kappa shape index (κ2) is 11.8. The first kappa shape index (κ1) is 25.2. The molecule has 0 aromatic rings. The third-order valence-electron chi connectivity index (χ3n) is 4.04. The Kier molecular flexibility index (Phi) is 11.1. The van der Waals surface area contributed by atoms with E-state index in [9.17, 15) is 23.4 Å². The van der Waals surface area contributed by atoms with E-state index in [2.05, 4.69) is 16.0 Å². The number of hydrogen-bond acceptors (Lipinski definition) is 5. The van der Waals surface area contributed by atoms with Crippen LogP contribution in [0, 0.1) is 11.8 Å². The first-order valence-electron chi connectivity index (χ1n) is 9.05. The van der Waals surface area contributed by atoms with Crippen LogP contribution in [-0.4, -0.2) is 57.8 Å². The summed E-state index contributed by atoms with van der Waals surface area (Å²) < 4.78 is 11.3. The molecule has 0 rings (SSSR count). The number of nitrogens with one attached hydrogen (secondary N) is 3. The van der Waals surface area contributed by atoms with Gasteiger partial charge in [0.1, 0.15) is 12.1 Å². The van der Waals surface area contributed by atoms with Crippen molar-refractivity contribution in [3.8, 4) is 0 Å². The Bertz CT molecular complexity index is 577. The van der Waals surface area contributed by atoms with E-state index >= 15 is 0 Å². The number of ketones is 1. The number of amides is 3. The summed E-state index contributed by atoms with van der Waals surface area (Å²) in [5.41, 5.74) is 0. The highest BCUT2D eigenvalue weighted by Gasteiger charge is 2.31. The summed E-state index contributed by atoms with van der Waals surface area (Å²) in [6, 6.07) is -2.38. The molecule has 4 atom stereocenters. The molecule has 156 valence electrons. The SMILES string of the molecule is CC(=O)NC(CCS(C)=O)C(=O)NC(C(=O)NC(C(C)=O)C(C)C)C(C)C. The third kappa shape index (κ3) is 9.65. The Labute approximate surface area is 164 Å². The number of rotatable bonds is 11. The molecule has 0 saturated heterocycles. The molecule has 0 bridgehead atoms. The second-order valence-electron chi connectivity index (χ2n) is 7.39. The van der Waals surface area contributed by atoms with Gasteiger partial charge in [0.25, 0.3) is 0 Å². The molecule has 0 aliphatic rings. The Morgan fingerprint density at radius 1 is 0.815 bits per heavy atom. The van der Waals surface area contributed by atoms with E-state index in [-0.39, 0.29) is 35.7 Å². The van der Waals surface area contributed by atoms with Gasteiger partial charge in [0.05, 0.1) is 6.04 Å². The molecule has 27 heavy (non-hydrogen) atoms. The molecular weight excluding hydrogens is 370 g/mol. The zero-order valence-electron chi connectivity index (χ0n) is 17.3. The molecule has 9 heteroatoms. The van der Waals surface area contributed by atoms with Crippen LogP contribution in [0.3, 0.4) is 0 Å². The summed E-state index contributed by atoms with van der Waals surface area (Å²) in [4.78, 5) is 48.3. The van der Waals surface area contributed by atoms with Crippen molar-refractivity contribution < 1.29 is 23.4 Å². The smallest absolute Gasteiger partial charge is 0.243 e. The lowest BCUT2D eigenvalue weighted by molar-refractivity contribution is -0.134. The van der Waals surface area contributed by atoms with E-state index < -0.39 is 40.7 Å². The Balaban J connectivity index is 5.25. The molecule has 0 radical (unpaired) electrons. The van der Waals surface area contributed by atoms with Crippen LogP contribution in [-0.2, 0) is 30.0 Å². The molecule has 0 fully saturated rings. The molecule has 0 saturated carbocycles. The number of carbonyl (C=O) groups is 4. The van der Waals surface area contributed by atoms with Crippen LogP contribution < -0.4 is 16.0 Å². The van der Waals surface area contributed by atoms with E-state index in [0.717, 1.165) is 0 Å². The molecule has 0 spiro atoms. The van der Waals surface area contributed by atoms with Crippen LogP contribution in [0.25, 0.3) is 0 Å². The van der Waals surface area contributed by atoms with Gasteiger partial charge in [-0.25, -0.2) is 0 Å². The molecule has 0 aliphatic heterocycles. The molecule has 3 N–H and O–H groups in total. The highest BCUT2D eigenvalue weighted by Crippen LogP contribution is 2.08. The van der Waals surface area contributed by atoms with Gasteiger partial charge in [-0.3, -0.25) is 23.4 Å². The van der Waals surface area contributed by atoms with Gasteiger partial charge in [-0.05, 0) is 25.2 Å². The summed E-state index contributed by atoms with van der Waals surface area (Å²) >= 11 is 0. The van der Waals surface area contributed by atoms with Crippen molar-refractivity contribution in [2.45, 2.75) is 66.1 Å². The van der Waals surface area contributed by atoms with E-state index in [1.54, 1.807) is 13.8 Å². The minimum absolute atomic E-state index is 0.0818. The predicted molar refractivity (Wildman–Crippen MR) is 105 cm³/mol. The normalized spacial score (nSPS) is 15.6. The maximum atomic E-state index is 12.6. The monoisotopic (exact) mass is 403 g/mol. The highest BCUT2D eigenvalue weighted by atomic mass is 32.2. The standard InChI is InChI=1S/C18H33N3O5S/c1-10(2)15(12(5)22)20-18(25)16(11(3)4)21-17(24)14(19-13(6)23)8-9-27(7)26/h10-11,14-16H,8-9H2,1-7H3,(H,19,23)(H,20,25)(H,21,24). The van der Waals surface area contributed by atoms with Crippen LogP contribution >= 0.6 is 0 Å². The average Bonchev–Trinajstić information content (AvgIpc) is 2.52. The van der Waals surface area contributed by atoms with Crippen molar-refractivity contribution in [1.29, 1.82) is 0 Å². The van der Waals surface area contributed by atoms with E-state index in [0.29, 0.717) is 0 Å². The van der Waals surface area contributed by atoms with Crippen LogP contribution in [0.1, 0.15) is 48.0 Å². The summed E-state index contributed by atoms with van der Waals surface area (Å²) in [7, 11) is -1.11. The summed E-state index contributed by atoms with van der Waals surface area (Å²) in [6.07, 6.45) is 1.71. The summed E-state index contributed by atoms with van der Waals surface area (Å²) in [5.74, 6) is -1.58. The fourth-order valence-corrected chi connectivity index (χ4v) is 3.14. The molecule has 8 nitrogen and oxygen atoms in total. The van der Waals surface area contributed by atoms with Crippen LogP contribution in [0.2, 0.25) is 0 Å². The molecule has 0 aromatic heterocycles.